The van der Waals surface area contributed by atoms with Crippen LogP contribution in [0.1, 0.15) is 34.1 Å². The van der Waals surface area contributed by atoms with Crippen molar-refractivity contribution in [1.29, 1.82) is 0 Å². The van der Waals surface area contributed by atoms with Crippen molar-refractivity contribution in [3.8, 4) is 0 Å². The van der Waals surface area contributed by atoms with Gasteiger partial charge < -0.3 is 9.47 Å². The van der Waals surface area contributed by atoms with Crippen molar-refractivity contribution in [1.82, 2.24) is 0 Å². The fraction of sp³-hybridized carbons (Fsp3) is 0.706. The largest absolute Gasteiger partial charge is 0.462 e. The number of esters is 2. The second-order valence-electron chi connectivity index (χ2n) is 7.12. The molecule has 0 aromatic rings. The van der Waals surface area contributed by atoms with Gasteiger partial charge in [-0.3, -0.25) is 14.4 Å². The van der Waals surface area contributed by atoms with Crippen LogP contribution in [0.4, 0.5) is 0 Å². The van der Waals surface area contributed by atoms with Crippen LogP contribution in [0.5, 0.6) is 0 Å². The monoisotopic (exact) mass is 306 g/mol. The SMILES string of the molecule is CC(=O)O[C@H]1C2C(C[C@@H](C)C3C=CC(=O)[C@]31C)OC(=O)C2C. The molecule has 1 saturated carbocycles. The molecule has 0 N–H and O–H groups in total. The van der Waals surface area contributed by atoms with Crippen molar-refractivity contribution in [3.63, 3.8) is 0 Å². The summed E-state index contributed by atoms with van der Waals surface area (Å²) >= 11 is 0. The number of allylic oxidation sites excluding steroid dienone is 2. The Bertz CT molecular complexity index is 565. The quantitative estimate of drug-likeness (QED) is 0.692. The highest BCUT2D eigenvalue weighted by atomic mass is 16.6. The lowest BCUT2D eigenvalue weighted by Crippen LogP contribution is -2.50. The van der Waals surface area contributed by atoms with Gasteiger partial charge in [0.2, 0.25) is 0 Å². The summed E-state index contributed by atoms with van der Waals surface area (Å²) in [4.78, 5) is 36.2. The summed E-state index contributed by atoms with van der Waals surface area (Å²) in [6.07, 6.45) is 3.30. The number of carbonyl (C=O) groups is 3. The van der Waals surface area contributed by atoms with Crippen molar-refractivity contribution < 1.29 is 23.9 Å². The molecule has 5 heteroatoms. The molecule has 22 heavy (non-hydrogen) atoms. The molecule has 0 amide bonds. The molecule has 120 valence electrons. The van der Waals surface area contributed by atoms with Crippen molar-refractivity contribution in [3.05, 3.63) is 12.2 Å². The minimum Gasteiger partial charge on any atom is -0.462 e. The molecule has 3 rings (SSSR count). The van der Waals surface area contributed by atoms with E-state index in [-0.39, 0.29) is 41.5 Å². The Morgan fingerprint density at radius 1 is 1.36 bits per heavy atom. The van der Waals surface area contributed by atoms with Crippen LogP contribution in [0.2, 0.25) is 0 Å². The molecular weight excluding hydrogens is 284 g/mol. The smallest absolute Gasteiger partial charge is 0.309 e. The standard InChI is InChI=1S/C17H22O5/c1-8-7-12-14(9(2)16(20)22-12)15(21-10(3)18)17(4)11(8)5-6-13(17)19/h5-6,8-9,11-12,14-15H,7H2,1-4H3/t8-,9?,11?,12?,14?,15+,17+/m1/s1. The Hall–Kier alpha value is -1.65. The zero-order chi connectivity index (χ0) is 16.2. The van der Waals surface area contributed by atoms with Gasteiger partial charge in [-0.1, -0.05) is 19.9 Å². The predicted octanol–water partition coefficient (Wildman–Crippen LogP) is 1.90. The molecule has 0 bridgehead atoms. The van der Waals surface area contributed by atoms with Gasteiger partial charge in [-0.2, -0.15) is 0 Å². The highest BCUT2D eigenvalue weighted by Crippen LogP contribution is 2.54. The Kier molecular flexibility index (Phi) is 3.42. The number of ketones is 1. The molecular formula is C17H22O5. The van der Waals surface area contributed by atoms with E-state index in [1.165, 1.54) is 6.92 Å². The fourth-order valence-electron chi connectivity index (χ4n) is 4.61. The summed E-state index contributed by atoms with van der Waals surface area (Å²) < 4.78 is 11.1. The fourth-order valence-corrected chi connectivity index (χ4v) is 4.61. The highest BCUT2D eigenvalue weighted by molar-refractivity contribution is 5.98. The summed E-state index contributed by atoms with van der Waals surface area (Å²) in [7, 11) is 0. The lowest BCUT2D eigenvalue weighted by molar-refractivity contribution is -0.165. The van der Waals surface area contributed by atoms with E-state index in [0.29, 0.717) is 6.42 Å². The molecule has 5 nitrogen and oxygen atoms in total. The lowest BCUT2D eigenvalue weighted by atomic mass is 9.66. The van der Waals surface area contributed by atoms with Gasteiger partial charge in [0.1, 0.15) is 12.2 Å². The van der Waals surface area contributed by atoms with Crippen molar-refractivity contribution in [2.24, 2.45) is 29.1 Å². The van der Waals surface area contributed by atoms with Crippen LogP contribution in [-0.2, 0) is 23.9 Å². The molecule has 0 aromatic carbocycles. The van der Waals surface area contributed by atoms with Gasteiger partial charge in [0, 0.05) is 12.8 Å². The van der Waals surface area contributed by atoms with Crippen molar-refractivity contribution >= 4 is 17.7 Å². The number of ether oxygens (including phenoxy) is 2. The average Bonchev–Trinajstić information content (AvgIpc) is 2.84. The number of hydrogen-bond acceptors (Lipinski definition) is 5. The van der Waals surface area contributed by atoms with Crippen LogP contribution in [0, 0.1) is 29.1 Å². The van der Waals surface area contributed by atoms with Crippen LogP contribution in [0.25, 0.3) is 0 Å². The van der Waals surface area contributed by atoms with E-state index in [1.807, 2.05) is 13.0 Å². The molecule has 1 aliphatic heterocycles. The number of carbonyl (C=O) groups excluding carboxylic acids is 3. The summed E-state index contributed by atoms with van der Waals surface area (Å²) in [5, 5.41) is 0. The zero-order valence-electron chi connectivity index (χ0n) is 13.4. The maximum absolute atomic E-state index is 12.6. The van der Waals surface area contributed by atoms with E-state index in [2.05, 4.69) is 6.92 Å². The number of hydrogen-bond donors (Lipinski definition) is 0. The molecule has 2 aliphatic carbocycles. The van der Waals surface area contributed by atoms with Crippen LogP contribution in [0.15, 0.2) is 12.2 Å². The number of rotatable bonds is 1. The third-order valence-electron chi connectivity index (χ3n) is 5.77. The normalized spacial score (nSPS) is 46.7. The first kappa shape index (κ1) is 15.3. The Morgan fingerprint density at radius 3 is 2.68 bits per heavy atom. The minimum atomic E-state index is -0.813. The van der Waals surface area contributed by atoms with Crippen LogP contribution in [-0.4, -0.2) is 29.9 Å². The first-order valence-corrected chi connectivity index (χ1v) is 7.87. The third kappa shape index (κ3) is 1.94. The summed E-state index contributed by atoms with van der Waals surface area (Å²) in [5.74, 6) is -1.17. The van der Waals surface area contributed by atoms with Crippen LogP contribution < -0.4 is 0 Å². The molecule has 0 spiro atoms. The van der Waals surface area contributed by atoms with Gasteiger partial charge in [-0.05, 0) is 31.3 Å². The Labute approximate surface area is 130 Å². The van der Waals surface area contributed by atoms with Crippen molar-refractivity contribution in [2.75, 3.05) is 0 Å². The topological polar surface area (TPSA) is 69.7 Å². The van der Waals surface area contributed by atoms with Gasteiger partial charge in [0.15, 0.2) is 5.78 Å². The van der Waals surface area contributed by atoms with Crippen molar-refractivity contribution in [2.45, 2.75) is 46.3 Å². The van der Waals surface area contributed by atoms with Gasteiger partial charge in [-0.15, -0.1) is 0 Å². The zero-order valence-corrected chi connectivity index (χ0v) is 13.4. The molecule has 3 aliphatic rings. The lowest BCUT2D eigenvalue weighted by Gasteiger charge is -2.40. The van der Waals surface area contributed by atoms with E-state index in [4.69, 9.17) is 9.47 Å². The van der Waals surface area contributed by atoms with E-state index in [1.54, 1.807) is 13.0 Å². The molecule has 7 atom stereocenters. The maximum atomic E-state index is 12.6. The molecule has 2 fully saturated rings. The van der Waals surface area contributed by atoms with Crippen LogP contribution in [0.3, 0.4) is 0 Å². The van der Waals surface area contributed by atoms with E-state index >= 15 is 0 Å². The molecule has 0 aromatic heterocycles. The predicted molar refractivity (Wildman–Crippen MR) is 77.6 cm³/mol. The Morgan fingerprint density at radius 2 is 2.05 bits per heavy atom. The van der Waals surface area contributed by atoms with Gasteiger partial charge >= 0.3 is 11.9 Å². The first-order valence-electron chi connectivity index (χ1n) is 7.87. The van der Waals surface area contributed by atoms with E-state index < -0.39 is 17.5 Å². The minimum absolute atomic E-state index is 0.000789. The molecule has 0 radical (unpaired) electrons. The summed E-state index contributed by atoms with van der Waals surface area (Å²) in [5.41, 5.74) is -0.813. The third-order valence-corrected chi connectivity index (χ3v) is 5.77. The summed E-state index contributed by atoms with van der Waals surface area (Å²) in [6, 6.07) is 0. The maximum Gasteiger partial charge on any atom is 0.309 e. The molecule has 4 unspecified atom stereocenters. The number of fused-ring (bicyclic) bond motifs is 2. The van der Waals surface area contributed by atoms with Gasteiger partial charge in [0.05, 0.1) is 11.3 Å². The van der Waals surface area contributed by atoms with Gasteiger partial charge in [-0.25, -0.2) is 0 Å². The van der Waals surface area contributed by atoms with Gasteiger partial charge in [0.25, 0.3) is 0 Å². The molecule has 1 heterocycles. The Balaban J connectivity index is 2.10. The average molecular weight is 306 g/mol. The highest BCUT2D eigenvalue weighted by Gasteiger charge is 2.62. The summed E-state index contributed by atoms with van der Waals surface area (Å²) in [6.45, 7) is 7.07. The second kappa shape index (κ2) is 4.93. The molecule has 1 saturated heterocycles. The van der Waals surface area contributed by atoms with Crippen LogP contribution >= 0.6 is 0 Å². The van der Waals surface area contributed by atoms with E-state index in [9.17, 15) is 14.4 Å². The second-order valence-corrected chi connectivity index (χ2v) is 7.12. The first-order chi connectivity index (χ1) is 10.3. The van der Waals surface area contributed by atoms with E-state index in [0.717, 1.165) is 0 Å².